The molecule has 0 heterocycles. The van der Waals surface area contributed by atoms with E-state index in [1.807, 2.05) is 0 Å². The van der Waals surface area contributed by atoms with Crippen LogP contribution in [-0.2, 0) is 6.54 Å². The van der Waals surface area contributed by atoms with Gasteiger partial charge in [-0.1, -0.05) is 19.1 Å². The summed E-state index contributed by atoms with van der Waals surface area (Å²) in [6, 6.07) is 8.79. The normalized spacial score (nSPS) is 11.7. The van der Waals surface area contributed by atoms with Crippen LogP contribution in [0.1, 0.15) is 12.5 Å². The van der Waals surface area contributed by atoms with Gasteiger partial charge in [-0.15, -0.1) is 0 Å². The van der Waals surface area contributed by atoms with Crippen molar-refractivity contribution in [1.29, 1.82) is 0 Å². The zero-order valence-electron chi connectivity index (χ0n) is 9.67. The van der Waals surface area contributed by atoms with Gasteiger partial charge >= 0.3 is 0 Å². The molecule has 14 heavy (non-hydrogen) atoms. The van der Waals surface area contributed by atoms with Gasteiger partial charge in [0.25, 0.3) is 0 Å². The van der Waals surface area contributed by atoms with Gasteiger partial charge in [-0.2, -0.15) is 0 Å². The number of hydrogen-bond donors (Lipinski definition) is 1. The van der Waals surface area contributed by atoms with Gasteiger partial charge in [0.05, 0.1) is 21.1 Å². The van der Waals surface area contributed by atoms with Gasteiger partial charge in [0, 0.05) is 6.54 Å². The summed E-state index contributed by atoms with van der Waals surface area (Å²) in [7, 11) is 6.54. The van der Waals surface area contributed by atoms with E-state index >= 15 is 0 Å². The molecule has 0 saturated heterocycles. The molecule has 0 spiro atoms. The lowest BCUT2D eigenvalue weighted by Gasteiger charge is -2.23. The average Bonchev–Trinajstić information content (AvgIpc) is 2.14. The van der Waals surface area contributed by atoms with Gasteiger partial charge in [0.15, 0.2) is 0 Å². The van der Waals surface area contributed by atoms with Crippen molar-refractivity contribution in [3.8, 4) is 0 Å². The molecule has 0 atom stereocenters. The van der Waals surface area contributed by atoms with Gasteiger partial charge in [-0.3, -0.25) is 4.48 Å². The second kappa shape index (κ2) is 4.58. The lowest BCUT2D eigenvalue weighted by Crippen LogP contribution is -2.34. The Morgan fingerprint density at radius 2 is 1.64 bits per heavy atom. The largest absolute Gasteiger partial charge is 0.313 e. The van der Waals surface area contributed by atoms with Crippen molar-refractivity contribution in [1.82, 2.24) is 9.80 Å². The Hall–Kier alpha value is -0.860. The van der Waals surface area contributed by atoms with E-state index < -0.39 is 0 Å². The van der Waals surface area contributed by atoms with E-state index in [9.17, 15) is 0 Å². The molecule has 2 nitrogen and oxygen atoms in total. The molecular weight excluding hydrogens is 172 g/mol. The molecule has 1 aromatic rings. The summed E-state index contributed by atoms with van der Waals surface area (Å²) in [5, 5.41) is 3.32. The van der Waals surface area contributed by atoms with Gasteiger partial charge in [-0.05, 0) is 24.2 Å². The standard InChI is InChI=1S/C12H21N2/c1-5-13-10-11-6-8-12(9-7-11)14(2,3)4/h6-9,13H,5,10H2,1-4H3/q+1. The average molecular weight is 193 g/mol. The summed E-state index contributed by atoms with van der Waals surface area (Å²) < 4.78 is 0.876. The van der Waals surface area contributed by atoms with Crippen molar-refractivity contribution in [3.05, 3.63) is 29.8 Å². The molecule has 1 rings (SSSR count). The van der Waals surface area contributed by atoms with Gasteiger partial charge in [0.1, 0.15) is 5.69 Å². The second-order valence-corrected chi connectivity index (χ2v) is 4.46. The summed E-state index contributed by atoms with van der Waals surface area (Å²) in [6.07, 6.45) is 0. The molecule has 0 fully saturated rings. The minimum atomic E-state index is 0.876. The maximum absolute atomic E-state index is 3.32. The van der Waals surface area contributed by atoms with Crippen LogP contribution in [0, 0.1) is 0 Å². The zero-order chi connectivity index (χ0) is 10.6. The summed E-state index contributed by atoms with van der Waals surface area (Å²) in [5.74, 6) is 0. The van der Waals surface area contributed by atoms with Crippen LogP contribution < -0.4 is 9.80 Å². The molecule has 0 aliphatic heterocycles. The first-order valence-corrected chi connectivity index (χ1v) is 5.15. The highest BCUT2D eigenvalue weighted by Gasteiger charge is 2.10. The topological polar surface area (TPSA) is 12.0 Å². The highest BCUT2D eigenvalue weighted by atomic mass is 15.3. The SMILES string of the molecule is CCNCc1ccc([N+](C)(C)C)cc1. The fourth-order valence-corrected chi connectivity index (χ4v) is 1.33. The molecule has 1 N–H and O–H groups in total. The Balaban J connectivity index is 2.69. The summed E-state index contributed by atoms with van der Waals surface area (Å²) in [5.41, 5.74) is 2.69. The lowest BCUT2D eigenvalue weighted by atomic mass is 10.2. The molecule has 1 aromatic carbocycles. The number of hydrogen-bond acceptors (Lipinski definition) is 1. The number of rotatable bonds is 4. The van der Waals surface area contributed by atoms with Crippen molar-refractivity contribution in [2.24, 2.45) is 0 Å². The second-order valence-electron chi connectivity index (χ2n) is 4.46. The molecule has 0 aliphatic rings. The van der Waals surface area contributed by atoms with E-state index in [2.05, 4.69) is 57.6 Å². The van der Waals surface area contributed by atoms with Crippen LogP contribution >= 0.6 is 0 Å². The van der Waals surface area contributed by atoms with E-state index in [-0.39, 0.29) is 0 Å². The molecule has 0 aliphatic carbocycles. The summed E-state index contributed by atoms with van der Waals surface area (Å²) in [6.45, 7) is 4.12. The van der Waals surface area contributed by atoms with Crippen LogP contribution in [0.25, 0.3) is 0 Å². The monoisotopic (exact) mass is 193 g/mol. The first-order chi connectivity index (χ1) is 6.54. The quantitative estimate of drug-likeness (QED) is 0.721. The third-order valence-corrected chi connectivity index (χ3v) is 2.29. The Labute approximate surface area is 87.1 Å². The zero-order valence-corrected chi connectivity index (χ0v) is 9.67. The third kappa shape index (κ3) is 3.13. The molecule has 0 saturated carbocycles. The minimum absolute atomic E-state index is 0.876. The van der Waals surface area contributed by atoms with E-state index in [0.717, 1.165) is 17.6 Å². The predicted molar refractivity (Wildman–Crippen MR) is 63.4 cm³/mol. The molecule has 0 aromatic heterocycles. The van der Waals surface area contributed by atoms with Crippen LogP contribution in [0.3, 0.4) is 0 Å². The van der Waals surface area contributed by atoms with Crippen molar-refractivity contribution in [2.45, 2.75) is 13.5 Å². The Morgan fingerprint density at radius 1 is 1.07 bits per heavy atom. The van der Waals surface area contributed by atoms with Crippen molar-refractivity contribution in [2.75, 3.05) is 27.7 Å². The van der Waals surface area contributed by atoms with Crippen LogP contribution in [0.2, 0.25) is 0 Å². The van der Waals surface area contributed by atoms with Crippen molar-refractivity contribution in [3.63, 3.8) is 0 Å². The Kier molecular flexibility index (Phi) is 3.67. The molecular formula is C12H21N2+. The fraction of sp³-hybridized carbons (Fsp3) is 0.500. The van der Waals surface area contributed by atoms with E-state index in [1.165, 1.54) is 11.3 Å². The molecule has 0 radical (unpaired) electrons. The molecule has 2 heteroatoms. The minimum Gasteiger partial charge on any atom is -0.313 e. The van der Waals surface area contributed by atoms with E-state index in [0.29, 0.717) is 0 Å². The smallest absolute Gasteiger partial charge is 0.132 e. The van der Waals surface area contributed by atoms with Crippen LogP contribution in [0.5, 0.6) is 0 Å². The highest BCUT2D eigenvalue weighted by molar-refractivity contribution is 5.42. The van der Waals surface area contributed by atoms with Crippen LogP contribution in [0.4, 0.5) is 5.69 Å². The van der Waals surface area contributed by atoms with Gasteiger partial charge < -0.3 is 5.32 Å². The van der Waals surface area contributed by atoms with Gasteiger partial charge in [0.2, 0.25) is 0 Å². The molecule has 78 valence electrons. The lowest BCUT2D eigenvalue weighted by molar-refractivity contribution is 0.486. The van der Waals surface area contributed by atoms with Crippen molar-refractivity contribution >= 4 is 5.69 Å². The van der Waals surface area contributed by atoms with Crippen molar-refractivity contribution < 1.29 is 0 Å². The molecule has 0 bridgehead atoms. The maximum atomic E-state index is 3.32. The predicted octanol–water partition coefficient (Wildman–Crippen LogP) is 1.99. The van der Waals surface area contributed by atoms with E-state index in [4.69, 9.17) is 0 Å². The number of nitrogens with zero attached hydrogens (tertiary/aromatic N) is 1. The van der Waals surface area contributed by atoms with E-state index in [1.54, 1.807) is 0 Å². The van der Waals surface area contributed by atoms with Gasteiger partial charge in [-0.25, -0.2) is 0 Å². The highest BCUT2D eigenvalue weighted by Crippen LogP contribution is 2.16. The first kappa shape index (κ1) is 11.2. The first-order valence-electron chi connectivity index (χ1n) is 5.15. The third-order valence-electron chi connectivity index (χ3n) is 2.29. The van der Waals surface area contributed by atoms with Crippen LogP contribution in [-0.4, -0.2) is 27.7 Å². The maximum Gasteiger partial charge on any atom is 0.132 e. The summed E-state index contributed by atoms with van der Waals surface area (Å²) >= 11 is 0. The Morgan fingerprint density at radius 3 is 2.07 bits per heavy atom. The number of benzene rings is 1. The van der Waals surface area contributed by atoms with Crippen LogP contribution in [0.15, 0.2) is 24.3 Å². The summed E-state index contributed by atoms with van der Waals surface area (Å²) in [4.78, 5) is 0. The number of quaternary nitrogens is 1. The molecule has 0 amide bonds. The number of nitrogens with one attached hydrogen (secondary N) is 1. The fourth-order valence-electron chi connectivity index (χ4n) is 1.33. The Bertz CT molecular complexity index is 269. The molecule has 0 unspecified atom stereocenters.